The van der Waals surface area contributed by atoms with Crippen LogP contribution in [0.15, 0.2) is 28.4 Å². The van der Waals surface area contributed by atoms with E-state index in [1.165, 1.54) is 29.6 Å². The summed E-state index contributed by atoms with van der Waals surface area (Å²) in [7, 11) is -20.8. The molecule has 34 nitrogen and oxygen atoms in total. The Morgan fingerprint density at radius 3 is 2.23 bits per heavy atom. The molecule has 0 radical (unpaired) electrons. The van der Waals surface area contributed by atoms with Crippen molar-refractivity contribution >= 4 is 70.7 Å². The van der Waals surface area contributed by atoms with Gasteiger partial charge in [-0.1, -0.05) is 10.2 Å². The summed E-state index contributed by atoms with van der Waals surface area (Å²) in [5.74, 6) is -0.552. The van der Waals surface area contributed by atoms with E-state index in [9.17, 15) is 62.7 Å². The predicted octanol–water partition coefficient (Wildman–Crippen LogP) is -7.30. The van der Waals surface area contributed by atoms with Gasteiger partial charge in [-0.15, -0.1) is 5.10 Å². The van der Waals surface area contributed by atoms with Crippen LogP contribution in [0.1, 0.15) is 12.5 Å². The number of hydrogen-bond donors (Lipinski definition) is 7. The zero-order chi connectivity index (χ0) is 46.7. The molecule has 7 heterocycles. The Hall–Kier alpha value is -4.24. The van der Waals surface area contributed by atoms with E-state index < -0.39 is 123 Å². The first-order chi connectivity index (χ1) is 29.9. The number of phosphoric acid groups is 3. The molecule has 2 saturated heterocycles. The third-order valence-electron chi connectivity index (χ3n) is 9.29. The van der Waals surface area contributed by atoms with E-state index in [1.54, 1.807) is 0 Å². The van der Waals surface area contributed by atoms with Crippen LogP contribution < -0.4 is 52.2 Å². The lowest BCUT2D eigenvalue weighted by Crippen LogP contribution is -2.47. The van der Waals surface area contributed by atoms with Gasteiger partial charge >= 0.3 is 5.65 Å². The largest absolute Gasteiger partial charge is 0.774 e. The monoisotopic (exact) mass is 988 g/mol. The van der Waals surface area contributed by atoms with Crippen LogP contribution in [0.2, 0.25) is 0 Å². The van der Waals surface area contributed by atoms with Gasteiger partial charge in [0.15, 0.2) is 36.7 Å². The Morgan fingerprint density at radius 2 is 1.53 bits per heavy atom. The summed E-state index contributed by atoms with van der Waals surface area (Å²) < 4.78 is 92.8. The number of nitrogens with two attached hydrogens (primary N) is 2. The Balaban J connectivity index is 0.889. The number of aromatic amines is 2. The van der Waals surface area contributed by atoms with Gasteiger partial charge < -0.3 is 78.7 Å². The van der Waals surface area contributed by atoms with Crippen molar-refractivity contribution in [2.45, 2.75) is 55.6 Å². The molecule has 0 aromatic carbocycles. The number of fused-ring (bicyclic) bond motifs is 2. The molecule has 5 aromatic rings. The molecule has 38 heteroatoms. The fourth-order valence-electron chi connectivity index (χ4n) is 6.49. The normalized spacial score (nSPS) is 27.7. The summed E-state index contributed by atoms with van der Waals surface area (Å²) in [6, 6.07) is 0. The zero-order valence-corrected chi connectivity index (χ0v) is 35.9. The summed E-state index contributed by atoms with van der Waals surface area (Å²) in [6.07, 6.45) is -9.08. The Morgan fingerprint density at radius 1 is 0.875 bits per heavy atom. The third kappa shape index (κ3) is 9.95. The molecule has 9 N–H and O–H groups in total. The topological polar surface area (TPSA) is 496 Å². The number of ether oxygens (including phenoxy) is 3. The van der Waals surface area contributed by atoms with E-state index in [0.29, 0.717) is 10.9 Å². The number of methoxy groups -OCH3 is 1. The highest BCUT2D eigenvalue weighted by molar-refractivity contribution is 7.70. The Labute approximate surface area is 354 Å². The van der Waals surface area contributed by atoms with Gasteiger partial charge in [-0.2, -0.15) is 4.98 Å². The van der Waals surface area contributed by atoms with Gasteiger partial charge in [0.05, 0.1) is 45.9 Å². The standard InChI is InChI=1S/C26H37N13O21P4/c1-36-9-39(20-14(36)22(44)33-26(28)31-20)24-18(53-2)16(41)11(58-24)7-56-63(49,50)60-64(51,52)59-61(45,46)12-5-37(35-34-12)3-4-54-62(47,48)55-6-10-15(40)17(42)23(57-10)38-8-29-13-19(38)30-25(27)32-21(13)43/h5,8-11,15-18,23-24,40-42H,3-4,6-7H2,1-2H3,(H9-,27,28,30,31,32,33,43,44,45,46,47,48,49,50,51,52)/p-3/t10-,11-,15?,16+,17+,18?,23-,24-/m1/s1. The minimum atomic E-state index is -6.36. The summed E-state index contributed by atoms with van der Waals surface area (Å²) >= 11 is 0. The lowest BCUT2D eigenvalue weighted by molar-refractivity contribution is -0.746. The van der Waals surface area contributed by atoms with Crippen molar-refractivity contribution in [3.05, 3.63) is 39.6 Å². The van der Waals surface area contributed by atoms with Crippen molar-refractivity contribution in [1.82, 2.24) is 49.0 Å². The number of H-pyrrole nitrogens is 2. The molecule has 352 valence electrons. The lowest BCUT2D eigenvalue weighted by atomic mass is 10.1. The number of imidazole rings is 2. The second kappa shape index (κ2) is 17.9. The number of nitrogen functional groups attached to an aromatic ring is 2. The molecule has 0 aliphatic carbocycles. The van der Waals surface area contributed by atoms with Crippen molar-refractivity contribution in [2.24, 2.45) is 7.05 Å². The molecule has 2 aliphatic heterocycles. The Bertz CT molecular complexity index is 2870. The van der Waals surface area contributed by atoms with Crippen molar-refractivity contribution < 1.29 is 94.1 Å². The van der Waals surface area contributed by atoms with E-state index >= 15 is 0 Å². The summed E-state index contributed by atoms with van der Waals surface area (Å²) in [5.41, 5.74) is 8.44. The quantitative estimate of drug-likeness (QED) is 0.0317. The second-order valence-electron chi connectivity index (χ2n) is 13.6. The van der Waals surface area contributed by atoms with Crippen LogP contribution in [0.25, 0.3) is 22.3 Å². The maximum absolute atomic E-state index is 12.7. The average Bonchev–Trinajstić information content (AvgIpc) is 4.01. The van der Waals surface area contributed by atoms with Gasteiger partial charge in [-0.3, -0.25) is 46.7 Å². The first kappa shape index (κ1) is 47.7. The molecule has 12 atom stereocenters. The van der Waals surface area contributed by atoms with Crippen LogP contribution in [0, 0.1) is 0 Å². The molecule has 0 spiro atoms. The van der Waals surface area contributed by atoms with Crippen LogP contribution in [0.5, 0.6) is 0 Å². The van der Waals surface area contributed by atoms with Crippen LogP contribution in [0.3, 0.4) is 0 Å². The van der Waals surface area contributed by atoms with E-state index in [-0.39, 0.29) is 34.2 Å². The number of aliphatic hydroxyl groups is 3. The predicted molar refractivity (Wildman–Crippen MR) is 195 cm³/mol. The maximum atomic E-state index is 12.7. The molecular formula is C26H34N13O21P4-3. The van der Waals surface area contributed by atoms with E-state index in [2.05, 4.69) is 52.9 Å². The number of anilines is 2. The second-order valence-corrected chi connectivity index (χ2v) is 19.8. The summed E-state index contributed by atoms with van der Waals surface area (Å²) in [4.78, 5) is 91.0. The average molecular weight is 989 g/mol. The molecule has 7 rings (SSSR count). The van der Waals surface area contributed by atoms with Gasteiger partial charge in [0.1, 0.15) is 36.6 Å². The first-order valence-corrected chi connectivity index (χ1v) is 23.7. The first-order valence-electron chi connectivity index (χ1n) is 17.8. The SMILES string of the molecule is COC1[C@@H](O)[C@@H](COP(=O)([O-])OP(=O)([O-])OP(=O)([O-])c2cn(CCOP(=O)([O-])OC[C@H]3O[C@@H](n4cnc5c(=O)[nH]c(N)nc54)[C@@H](O)C3O)nn2)O[C@H]1[n+]1cn(C)c2c(=O)[nH]c(N)nc21. The number of nitrogens with zero attached hydrogens (tertiary/aromatic N) is 9. The van der Waals surface area contributed by atoms with Crippen LogP contribution in [-0.2, 0) is 68.3 Å². The lowest BCUT2D eigenvalue weighted by Gasteiger charge is -2.34. The van der Waals surface area contributed by atoms with Gasteiger partial charge in [-0.25, -0.2) is 18.5 Å². The van der Waals surface area contributed by atoms with Gasteiger partial charge in [0.2, 0.25) is 17.7 Å². The third-order valence-corrected chi connectivity index (χ3v) is 14.7. The zero-order valence-electron chi connectivity index (χ0n) is 32.3. The van der Waals surface area contributed by atoms with Gasteiger partial charge in [0.25, 0.3) is 40.5 Å². The van der Waals surface area contributed by atoms with Crippen molar-refractivity contribution in [3.8, 4) is 0 Å². The van der Waals surface area contributed by atoms with Gasteiger partial charge in [-0.05, 0) is 0 Å². The van der Waals surface area contributed by atoms with Gasteiger partial charge in [0, 0.05) is 7.11 Å². The van der Waals surface area contributed by atoms with Crippen molar-refractivity contribution in [3.63, 3.8) is 0 Å². The number of aromatic nitrogens is 11. The summed E-state index contributed by atoms with van der Waals surface area (Å²) in [6.45, 7) is -3.39. The molecule has 2 aliphatic rings. The molecule has 0 amide bonds. The summed E-state index contributed by atoms with van der Waals surface area (Å²) in [5, 5.41) is 38.4. The highest BCUT2D eigenvalue weighted by atomic mass is 31.3. The minimum Gasteiger partial charge on any atom is -0.774 e. The number of hydrogen-bond acceptors (Lipinski definition) is 28. The maximum Gasteiger partial charge on any atom is 0.313 e. The molecule has 64 heavy (non-hydrogen) atoms. The van der Waals surface area contributed by atoms with E-state index in [0.717, 1.165) is 10.9 Å². The van der Waals surface area contributed by atoms with Crippen LogP contribution >= 0.6 is 31.1 Å². The van der Waals surface area contributed by atoms with E-state index in [4.69, 9.17) is 30.2 Å². The molecular weight excluding hydrogens is 954 g/mol. The number of rotatable bonds is 18. The number of aryl methyl sites for hydroxylation is 1. The highest BCUT2D eigenvalue weighted by Gasteiger charge is 2.49. The number of nitrogens with one attached hydrogen (secondary N) is 2. The molecule has 2 fully saturated rings. The minimum absolute atomic E-state index is 0.0137. The van der Waals surface area contributed by atoms with Crippen molar-refractivity contribution in [2.75, 3.05) is 38.4 Å². The van der Waals surface area contributed by atoms with E-state index in [1.807, 2.05) is 0 Å². The fraction of sp³-hybridized carbons (Fsp3) is 0.538. The molecule has 6 unspecified atom stereocenters. The molecule has 5 aromatic heterocycles. The molecule has 0 saturated carbocycles. The number of aliphatic hydroxyl groups excluding tert-OH is 3. The number of phosphoric ester groups is 2. The fourth-order valence-corrected chi connectivity index (χ4v) is 10.9. The molecule has 0 bridgehead atoms. The van der Waals surface area contributed by atoms with Crippen LogP contribution in [-0.4, -0.2) is 128 Å². The highest BCUT2D eigenvalue weighted by Crippen LogP contribution is 2.62. The Kier molecular flexibility index (Phi) is 13.3. The smallest absolute Gasteiger partial charge is 0.313 e. The van der Waals surface area contributed by atoms with Crippen LogP contribution in [0.4, 0.5) is 11.9 Å². The van der Waals surface area contributed by atoms with Crippen molar-refractivity contribution in [1.29, 1.82) is 0 Å².